The van der Waals surface area contributed by atoms with E-state index in [1.54, 1.807) is 33.9 Å². The summed E-state index contributed by atoms with van der Waals surface area (Å²) >= 11 is 13.6. The largest absolute Gasteiger partial charge is 0.493 e. The first-order chi connectivity index (χ1) is 32.0. The molecular formula is C48H55Cl2FN8O7S. The normalized spacial score (nSPS) is 17.0. The topological polar surface area (TPSA) is 188 Å². The number of amides is 4. The first kappa shape index (κ1) is 49.3. The SMILES string of the molecule is COc1cc2ncnc(Nc3ccc(Cl)c(Cl)c3F)c2cc1OC1CCN(C(=O)CCCCC(=O)N[C@H](C(=O)N2C[C@H](O)C[C@H]2C(=O)NCc2ccc(-c3scnc3C)cc2)C(C)(C)C)CC1. The van der Waals surface area contributed by atoms with Gasteiger partial charge in [0.1, 0.15) is 30.3 Å². The van der Waals surface area contributed by atoms with Crippen LogP contribution >= 0.6 is 34.5 Å². The zero-order valence-electron chi connectivity index (χ0n) is 38.0. The fraction of sp³-hybridized carbons (Fsp3) is 0.438. The Labute approximate surface area is 402 Å². The molecule has 0 bridgehead atoms. The number of likely N-dealkylation sites (tertiary alicyclic amines) is 2. The van der Waals surface area contributed by atoms with Gasteiger partial charge in [-0.15, -0.1) is 11.3 Å². The van der Waals surface area contributed by atoms with Crippen molar-refractivity contribution in [2.75, 3.05) is 32.1 Å². The second-order valence-corrected chi connectivity index (χ2v) is 19.6. The van der Waals surface area contributed by atoms with Gasteiger partial charge in [0.15, 0.2) is 17.3 Å². The molecule has 7 rings (SSSR count). The number of aromatic nitrogens is 3. The van der Waals surface area contributed by atoms with Gasteiger partial charge in [-0.05, 0) is 54.5 Å². The fourth-order valence-corrected chi connectivity index (χ4v) is 9.42. The van der Waals surface area contributed by atoms with Crippen molar-refractivity contribution in [3.05, 3.63) is 87.5 Å². The molecule has 19 heteroatoms. The second-order valence-electron chi connectivity index (χ2n) is 17.9. The molecule has 3 atom stereocenters. The summed E-state index contributed by atoms with van der Waals surface area (Å²) in [6.07, 6.45) is 2.75. The van der Waals surface area contributed by atoms with Crippen molar-refractivity contribution >= 4 is 80.6 Å². The molecule has 4 N–H and O–H groups in total. The minimum Gasteiger partial charge on any atom is -0.493 e. The average molecular weight is 978 g/mol. The highest BCUT2D eigenvalue weighted by Crippen LogP contribution is 2.38. The molecule has 2 aliphatic heterocycles. The number of anilines is 2. The summed E-state index contributed by atoms with van der Waals surface area (Å²) in [5.74, 6) is -0.660. The van der Waals surface area contributed by atoms with E-state index in [9.17, 15) is 28.7 Å². The van der Waals surface area contributed by atoms with Crippen LogP contribution in [0.15, 0.2) is 60.4 Å². The molecule has 2 aromatic heterocycles. The highest BCUT2D eigenvalue weighted by atomic mass is 35.5. The lowest BCUT2D eigenvalue weighted by Gasteiger charge is -2.35. The molecule has 0 saturated carbocycles. The van der Waals surface area contributed by atoms with E-state index in [0.29, 0.717) is 67.0 Å². The number of thiazole rings is 1. The van der Waals surface area contributed by atoms with Crippen molar-refractivity contribution in [2.24, 2.45) is 5.41 Å². The molecule has 2 aliphatic rings. The monoisotopic (exact) mass is 976 g/mol. The molecule has 2 fully saturated rings. The van der Waals surface area contributed by atoms with Crippen molar-refractivity contribution in [2.45, 2.75) is 103 Å². The third-order valence-electron chi connectivity index (χ3n) is 12.1. The lowest BCUT2D eigenvalue weighted by Crippen LogP contribution is -2.57. The van der Waals surface area contributed by atoms with Gasteiger partial charge >= 0.3 is 0 Å². The van der Waals surface area contributed by atoms with E-state index in [2.05, 4.69) is 30.9 Å². The number of piperidine rings is 1. The predicted molar refractivity (Wildman–Crippen MR) is 256 cm³/mol. The quantitative estimate of drug-likeness (QED) is 0.0554. The summed E-state index contributed by atoms with van der Waals surface area (Å²) in [6.45, 7) is 8.66. The summed E-state index contributed by atoms with van der Waals surface area (Å²) < 4.78 is 26.9. The van der Waals surface area contributed by atoms with Gasteiger partial charge in [-0.2, -0.15) is 0 Å². The molecule has 4 heterocycles. The smallest absolute Gasteiger partial charge is 0.246 e. The van der Waals surface area contributed by atoms with Crippen LogP contribution in [-0.4, -0.2) is 105 Å². The number of aliphatic hydroxyl groups is 1. The highest BCUT2D eigenvalue weighted by Gasteiger charge is 2.44. The van der Waals surface area contributed by atoms with Gasteiger partial charge in [-0.25, -0.2) is 19.3 Å². The summed E-state index contributed by atoms with van der Waals surface area (Å²) in [4.78, 5) is 71.3. The zero-order chi connectivity index (χ0) is 48.0. The minimum absolute atomic E-state index is 0.0211. The maximum atomic E-state index is 14.9. The second kappa shape index (κ2) is 21.6. The zero-order valence-corrected chi connectivity index (χ0v) is 40.4. The van der Waals surface area contributed by atoms with E-state index in [-0.39, 0.29) is 71.9 Å². The van der Waals surface area contributed by atoms with Gasteiger partial charge in [0.05, 0.1) is 50.5 Å². The third kappa shape index (κ3) is 11.9. The molecule has 4 amide bonds. The maximum Gasteiger partial charge on any atom is 0.246 e. The standard InChI is InChI=1S/C48H55Cl2FN8O7S/c1-27-43(67-26-55-27)29-12-10-28(11-13-29)23-52-46(63)36-20-30(60)24-59(36)47(64)44(48(2,3)4)57-39(61)8-6-7-9-40(62)58-18-16-31(17-19-58)66-38-21-32-35(22-37(38)65-5)53-25-54-45(32)56-34-15-14-33(49)41(50)42(34)51/h10-15,21-22,25-26,30-31,36,44,60H,6-9,16-20,23-24H2,1-5H3,(H,52,63)(H,57,61)(H,53,54,56)/t30-,36+,44-/m1/s1. The number of halogens is 3. The van der Waals surface area contributed by atoms with Gasteiger partial charge in [-0.3, -0.25) is 19.2 Å². The van der Waals surface area contributed by atoms with E-state index >= 15 is 0 Å². The Morgan fingerprint density at radius 1 is 0.985 bits per heavy atom. The summed E-state index contributed by atoms with van der Waals surface area (Å²) in [6, 6.07) is 12.4. The van der Waals surface area contributed by atoms with Gasteiger partial charge < -0.3 is 40.3 Å². The maximum absolute atomic E-state index is 14.9. The molecule has 15 nitrogen and oxygen atoms in total. The van der Waals surface area contributed by atoms with Gasteiger partial charge in [-0.1, -0.05) is 68.2 Å². The third-order valence-corrected chi connectivity index (χ3v) is 13.8. The predicted octanol–water partition coefficient (Wildman–Crippen LogP) is 8.00. The number of β-amino-alcohol motifs (C(OH)–C–C–N with tert-alkyl or cyclic N) is 1. The number of carbonyl (C=O) groups is 4. The van der Waals surface area contributed by atoms with Crippen LogP contribution in [0.3, 0.4) is 0 Å². The van der Waals surface area contributed by atoms with Crippen molar-refractivity contribution in [1.29, 1.82) is 0 Å². The molecule has 0 spiro atoms. The van der Waals surface area contributed by atoms with Crippen LogP contribution in [0.1, 0.15) is 77.0 Å². The van der Waals surface area contributed by atoms with Gasteiger partial charge in [0, 0.05) is 69.7 Å². The number of nitrogens with zero attached hydrogens (tertiary/aromatic N) is 5. The molecule has 356 valence electrons. The Bertz CT molecular complexity index is 2600. The molecule has 0 radical (unpaired) electrons. The number of carbonyl (C=O) groups excluding carboxylic acids is 4. The average Bonchev–Trinajstić information content (AvgIpc) is 3.93. The van der Waals surface area contributed by atoms with Crippen molar-refractivity contribution in [3.8, 4) is 21.9 Å². The van der Waals surface area contributed by atoms with Crippen LogP contribution in [0, 0.1) is 18.2 Å². The van der Waals surface area contributed by atoms with Crippen LogP contribution in [-0.2, 0) is 25.7 Å². The first-order valence-corrected chi connectivity index (χ1v) is 23.9. The number of aliphatic hydroxyl groups excluding tert-OH is 1. The van der Waals surface area contributed by atoms with E-state index in [1.807, 2.05) is 52.0 Å². The Morgan fingerprint density at radius 2 is 1.72 bits per heavy atom. The molecule has 2 saturated heterocycles. The fourth-order valence-electron chi connectivity index (χ4n) is 8.30. The Morgan fingerprint density at radius 3 is 2.40 bits per heavy atom. The van der Waals surface area contributed by atoms with E-state index < -0.39 is 35.3 Å². The molecule has 67 heavy (non-hydrogen) atoms. The Kier molecular flexibility index (Phi) is 15.9. The number of rotatable bonds is 16. The van der Waals surface area contributed by atoms with E-state index in [4.69, 9.17) is 32.7 Å². The highest BCUT2D eigenvalue weighted by molar-refractivity contribution is 7.13. The number of unbranched alkanes of at least 4 members (excludes halogenated alkanes) is 1. The number of methoxy groups -OCH3 is 1. The first-order valence-electron chi connectivity index (χ1n) is 22.2. The number of hydrogen-bond donors (Lipinski definition) is 4. The van der Waals surface area contributed by atoms with Crippen LogP contribution in [0.25, 0.3) is 21.3 Å². The number of benzene rings is 3. The van der Waals surface area contributed by atoms with Gasteiger partial charge in [0.25, 0.3) is 0 Å². The minimum atomic E-state index is -0.950. The molecular weight excluding hydrogens is 923 g/mol. The van der Waals surface area contributed by atoms with E-state index in [0.717, 1.165) is 21.7 Å². The molecule has 3 aromatic carbocycles. The van der Waals surface area contributed by atoms with Crippen LogP contribution in [0.2, 0.25) is 10.0 Å². The van der Waals surface area contributed by atoms with Crippen LogP contribution in [0.5, 0.6) is 11.5 Å². The summed E-state index contributed by atoms with van der Waals surface area (Å²) in [5.41, 5.74) is 4.61. The van der Waals surface area contributed by atoms with E-state index in [1.165, 1.54) is 30.5 Å². The summed E-state index contributed by atoms with van der Waals surface area (Å²) in [5, 5.41) is 19.8. The number of ether oxygens (including phenoxy) is 2. The summed E-state index contributed by atoms with van der Waals surface area (Å²) in [7, 11) is 1.53. The van der Waals surface area contributed by atoms with Crippen molar-refractivity contribution < 1.29 is 38.1 Å². The number of fused-ring (bicyclic) bond motifs is 1. The number of hydrogen-bond acceptors (Lipinski definition) is 12. The molecule has 0 unspecified atom stereocenters. The molecule has 0 aliphatic carbocycles. The lowest BCUT2D eigenvalue weighted by molar-refractivity contribution is -0.144. The van der Waals surface area contributed by atoms with Gasteiger partial charge in [0.2, 0.25) is 23.6 Å². The van der Waals surface area contributed by atoms with Crippen LogP contribution < -0.4 is 25.4 Å². The Balaban J connectivity index is 0.865. The van der Waals surface area contributed by atoms with Crippen molar-refractivity contribution in [1.82, 2.24) is 35.4 Å². The number of aryl methyl sites for hydroxylation is 1. The van der Waals surface area contributed by atoms with Crippen molar-refractivity contribution in [3.63, 3.8) is 0 Å². The molecule has 5 aromatic rings. The lowest BCUT2D eigenvalue weighted by atomic mass is 9.85. The van der Waals surface area contributed by atoms with Crippen LogP contribution in [0.4, 0.5) is 15.9 Å². The Hall–Kier alpha value is -5.62. The number of nitrogens with one attached hydrogen (secondary N) is 3.